The molecule has 1 heterocycles. The molecule has 0 aliphatic heterocycles. The quantitative estimate of drug-likeness (QED) is 0.782. The van der Waals surface area contributed by atoms with Crippen molar-refractivity contribution in [2.75, 3.05) is 4.72 Å². The third-order valence-electron chi connectivity index (χ3n) is 2.23. The third kappa shape index (κ3) is 2.88. The first-order valence-electron chi connectivity index (χ1n) is 5.04. The summed E-state index contributed by atoms with van der Waals surface area (Å²) in [5.41, 5.74) is -0.222. The average molecular weight is 289 g/mol. The van der Waals surface area contributed by atoms with Crippen molar-refractivity contribution in [3.8, 4) is 0 Å². The molecular weight excluding hydrogens is 280 g/mol. The van der Waals surface area contributed by atoms with Gasteiger partial charge in [-0.2, -0.15) is 13.5 Å². The number of hydrogen-bond acceptors (Lipinski definition) is 4. The second-order valence-corrected chi connectivity index (χ2v) is 5.27. The number of aromatic amines is 1. The first-order chi connectivity index (χ1) is 8.92. The number of nitrogens with zero attached hydrogens (tertiary/aromatic N) is 1. The van der Waals surface area contributed by atoms with Crippen molar-refractivity contribution in [1.82, 2.24) is 10.2 Å². The summed E-state index contributed by atoms with van der Waals surface area (Å²) >= 11 is 0. The number of anilines is 1. The van der Waals surface area contributed by atoms with E-state index in [1.807, 2.05) is 4.72 Å². The van der Waals surface area contributed by atoms with Crippen molar-refractivity contribution < 1.29 is 22.3 Å². The van der Waals surface area contributed by atoms with Crippen LogP contribution in [0.5, 0.6) is 0 Å². The van der Waals surface area contributed by atoms with Crippen LogP contribution < -0.4 is 4.72 Å². The lowest BCUT2D eigenvalue weighted by Gasteiger charge is -2.07. The van der Waals surface area contributed by atoms with Gasteiger partial charge in [0, 0.05) is 11.6 Å². The monoisotopic (exact) mass is 289 g/mol. The standard InChI is InChI=1S/C10H9F2N3O3S/c11-7-1-8(12)3-9(2-7)15-19(17,18)10-6(5-16)4-13-14-10/h1-4,15-16H,5H2,(H,13,14). The van der Waals surface area contributed by atoms with Crippen LogP contribution in [0.15, 0.2) is 29.4 Å². The lowest BCUT2D eigenvalue weighted by Crippen LogP contribution is -2.15. The molecule has 0 atom stereocenters. The van der Waals surface area contributed by atoms with E-state index in [0.29, 0.717) is 6.07 Å². The number of aliphatic hydroxyl groups is 1. The topological polar surface area (TPSA) is 95.1 Å². The van der Waals surface area contributed by atoms with Crippen LogP contribution in [0.4, 0.5) is 14.5 Å². The van der Waals surface area contributed by atoms with E-state index >= 15 is 0 Å². The highest BCUT2D eigenvalue weighted by Crippen LogP contribution is 2.19. The van der Waals surface area contributed by atoms with Gasteiger partial charge in [-0.05, 0) is 12.1 Å². The maximum absolute atomic E-state index is 13.0. The van der Waals surface area contributed by atoms with Gasteiger partial charge in [0.2, 0.25) is 0 Å². The molecule has 0 amide bonds. The van der Waals surface area contributed by atoms with Gasteiger partial charge in [0.05, 0.1) is 18.5 Å². The van der Waals surface area contributed by atoms with Crippen molar-refractivity contribution in [3.05, 3.63) is 41.6 Å². The van der Waals surface area contributed by atoms with Gasteiger partial charge in [0.15, 0.2) is 5.03 Å². The Morgan fingerprint density at radius 1 is 1.26 bits per heavy atom. The highest BCUT2D eigenvalue weighted by molar-refractivity contribution is 7.92. The highest BCUT2D eigenvalue weighted by Gasteiger charge is 2.21. The molecule has 3 N–H and O–H groups in total. The van der Waals surface area contributed by atoms with E-state index in [1.54, 1.807) is 0 Å². The predicted octanol–water partition coefficient (Wildman–Crippen LogP) is 0.981. The Balaban J connectivity index is 2.36. The van der Waals surface area contributed by atoms with Crippen LogP contribution in [0.1, 0.15) is 5.56 Å². The van der Waals surface area contributed by atoms with Crippen LogP contribution in [-0.4, -0.2) is 23.7 Å². The van der Waals surface area contributed by atoms with E-state index in [-0.39, 0.29) is 16.3 Å². The normalized spacial score (nSPS) is 11.5. The summed E-state index contributed by atoms with van der Waals surface area (Å²) in [5, 5.41) is 14.3. The van der Waals surface area contributed by atoms with Crippen molar-refractivity contribution in [2.24, 2.45) is 0 Å². The zero-order chi connectivity index (χ0) is 14.0. The Bertz CT molecular complexity index is 680. The smallest absolute Gasteiger partial charge is 0.279 e. The average Bonchev–Trinajstić information content (AvgIpc) is 2.75. The van der Waals surface area contributed by atoms with Crippen LogP contribution in [0.3, 0.4) is 0 Å². The summed E-state index contributed by atoms with van der Waals surface area (Å²) in [4.78, 5) is 0. The number of aliphatic hydroxyl groups excluding tert-OH is 1. The number of aromatic nitrogens is 2. The summed E-state index contributed by atoms with van der Waals surface area (Å²) in [5.74, 6) is -1.82. The second kappa shape index (κ2) is 4.94. The summed E-state index contributed by atoms with van der Waals surface area (Å²) in [6.07, 6.45) is 1.14. The molecular formula is C10H9F2N3O3S. The number of nitrogens with one attached hydrogen (secondary N) is 2. The van der Waals surface area contributed by atoms with E-state index in [2.05, 4.69) is 10.2 Å². The molecule has 0 spiro atoms. The molecule has 0 saturated heterocycles. The molecule has 9 heteroatoms. The zero-order valence-corrected chi connectivity index (χ0v) is 10.2. The Hall–Kier alpha value is -2.00. The minimum Gasteiger partial charge on any atom is -0.392 e. The molecule has 0 aliphatic carbocycles. The number of rotatable bonds is 4. The van der Waals surface area contributed by atoms with Gasteiger partial charge in [-0.3, -0.25) is 9.82 Å². The number of H-pyrrole nitrogens is 1. The third-order valence-corrected chi connectivity index (χ3v) is 3.63. The maximum Gasteiger partial charge on any atom is 0.279 e. The van der Waals surface area contributed by atoms with E-state index in [4.69, 9.17) is 5.11 Å². The largest absolute Gasteiger partial charge is 0.392 e. The minimum atomic E-state index is -4.11. The fourth-order valence-corrected chi connectivity index (χ4v) is 2.63. The van der Waals surface area contributed by atoms with Crippen LogP contribution >= 0.6 is 0 Å². The summed E-state index contributed by atoms with van der Waals surface area (Å²) in [6.45, 7) is -0.537. The molecule has 2 rings (SSSR count). The molecule has 2 aromatic rings. The lowest BCUT2D eigenvalue weighted by atomic mass is 10.3. The highest BCUT2D eigenvalue weighted by atomic mass is 32.2. The van der Waals surface area contributed by atoms with Crippen LogP contribution in [0.2, 0.25) is 0 Å². The van der Waals surface area contributed by atoms with Crippen LogP contribution in [-0.2, 0) is 16.6 Å². The van der Waals surface area contributed by atoms with Crippen molar-refractivity contribution in [1.29, 1.82) is 0 Å². The lowest BCUT2D eigenvalue weighted by molar-refractivity contribution is 0.278. The van der Waals surface area contributed by atoms with Gasteiger partial charge in [-0.15, -0.1) is 0 Å². The SMILES string of the molecule is O=S(=O)(Nc1cc(F)cc(F)c1)c1[nH]ncc1CO. The summed E-state index contributed by atoms with van der Waals surface area (Å²) < 4.78 is 51.8. The summed E-state index contributed by atoms with van der Waals surface area (Å²) in [7, 11) is -4.11. The maximum atomic E-state index is 13.0. The van der Waals surface area contributed by atoms with E-state index in [1.165, 1.54) is 0 Å². The Morgan fingerprint density at radius 3 is 2.47 bits per heavy atom. The summed E-state index contributed by atoms with van der Waals surface area (Å²) in [6, 6.07) is 2.28. The van der Waals surface area contributed by atoms with Gasteiger partial charge in [-0.25, -0.2) is 8.78 Å². The van der Waals surface area contributed by atoms with Gasteiger partial charge < -0.3 is 5.11 Å². The molecule has 19 heavy (non-hydrogen) atoms. The van der Waals surface area contributed by atoms with Crippen molar-refractivity contribution in [2.45, 2.75) is 11.6 Å². The minimum absolute atomic E-state index is 0.0457. The molecule has 1 aromatic heterocycles. The Morgan fingerprint density at radius 2 is 1.89 bits per heavy atom. The number of halogens is 2. The van der Waals surface area contributed by atoms with Gasteiger partial charge >= 0.3 is 0 Å². The zero-order valence-electron chi connectivity index (χ0n) is 9.39. The first-order valence-corrected chi connectivity index (χ1v) is 6.53. The molecule has 0 unspecified atom stereocenters. The van der Waals surface area contributed by atoms with E-state index in [0.717, 1.165) is 18.3 Å². The van der Waals surface area contributed by atoms with Crippen LogP contribution in [0.25, 0.3) is 0 Å². The number of benzene rings is 1. The molecule has 102 valence electrons. The number of hydrogen-bond donors (Lipinski definition) is 3. The van der Waals surface area contributed by atoms with Crippen LogP contribution in [0, 0.1) is 11.6 Å². The van der Waals surface area contributed by atoms with Gasteiger partial charge in [0.25, 0.3) is 10.0 Å². The Labute approximate surface area is 107 Å². The second-order valence-electron chi connectivity index (χ2n) is 3.65. The number of sulfonamides is 1. The van der Waals surface area contributed by atoms with Gasteiger partial charge in [0.1, 0.15) is 11.6 Å². The molecule has 6 nitrogen and oxygen atoms in total. The molecule has 0 aliphatic rings. The molecule has 1 aromatic carbocycles. The fourth-order valence-electron chi connectivity index (χ4n) is 1.46. The molecule has 0 bridgehead atoms. The fraction of sp³-hybridized carbons (Fsp3) is 0.100. The molecule has 0 fully saturated rings. The van der Waals surface area contributed by atoms with Crippen molar-refractivity contribution >= 4 is 15.7 Å². The predicted molar refractivity (Wildman–Crippen MR) is 61.7 cm³/mol. The molecule has 0 radical (unpaired) electrons. The van der Waals surface area contributed by atoms with Crippen molar-refractivity contribution in [3.63, 3.8) is 0 Å². The first kappa shape index (κ1) is 13.4. The van der Waals surface area contributed by atoms with Gasteiger partial charge in [-0.1, -0.05) is 0 Å². The Kier molecular flexibility index (Phi) is 3.49. The molecule has 0 saturated carbocycles. The van der Waals surface area contributed by atoms with E-state index < -0.39 is 28.3 Å². The van der Waals surface area contributed by atoms with E-state index in [9.17, 15) is 17.2 Å².